The Labute approximate surface area is 137 Å². The van der Waals surface area contributed by atoms with E-state index in [-0.39, 0.29) is 30.3 Å². The number of amides is 2. The standard InChI is InChI=1S/C16H23N3O2.ClH/c1-3-7-18-15(20)13-5-4-6-14(10-13)16(21)19-9-8-17-11-12(19)2;/h4-6,10,12,17H,3,7-9,11H2,1-2H3,(H,18,20);1H/t12-;/m1./s1. The lowest BCUT2D eigenvalue weighted by atomic mass is 10.1. The van der Waals surface area contributed by atoms with Gasteiger partial charge in [0.15, 0.2) is 0 Å². The van der Waals surface area contributed by atoms with Crippen LogP contribution in [0.15, 0.2) is 24.3 Å². The third-order valence-electron chi connectivity index (χ3n) is 3.67. The highest BCUT2D eigenvalue weighted by Crippen LogP contribution is 2.12. The van der Waals surface area contributed by atoms with Crippen LogP contribution in [0.1, 0.15) is 41.0 Å². The van der Waals surface area contributed by atoms with Crippen LogP contribution >= 0.6 is 12.4 Å². The second kappa shape index (κ2) is 8.76. The predicted octanol–water partition coefficient (Wildman–Crippen LogP) is 1.68. The van der Waals surface area contributed by atoms with E-state index in [1.54, 1.807) is 24.3 Å². The van der Waals surface area contributed by atoms with Crippen LogP contribution in [0.3, 0.4) is 0 Å². The van der Waals surface area contributed by atoms with Gasteiger partial charge in [0.25, 0.3) is 11.8 Å². The van der Waals surface area contributed by atoms with Crippen LogP contribution in [-0.2, 0) is 0 Å². The van der Waals surface area contributed by atoms with E-state index in [9.17, 15) is 9.59 Å². The fourth-order valence-electron chi connectivity index (χ4n) is 2.44. The minimum atomic E-state index is -0.125. The van der Waals surface area contributed by atoms with E-state index >= 15 is 0 Å². The van der Waals surface area contributed by atoms with E-state index in [0.29, 0.717) is 24.2 Å². The number of rotatable bonds is 4. The molecule has 5 nitrogen and oxygen atoms in total. The molecule has 0 aromatic heterocycles. The Bertz CT molecular complexity index is 522. The molecule has 2 rings (SSSR count). The highest BCUT2D eigenvalue weighted by atomic mass is 35.5. The summed E-state index contributed by atoms with van der Waals surface area (Å²) in [5.74, 6) is -0.131. The van der Waals surface area contributed by atoms with Crippen molar-refractivity contribution >= 4 is 24.2 Å². The zero-order valence-electron chi connectivity index (χ0n) is 13.1. The molecule has 1 aliphatic heterocycles. The second-order valence-corrected chi connectivity index (χ2v) is 5.39. The minimum absolute atomic E-state index is 0. The monoisotopic (exact) mass is 325 g/mol. The van der Waals surface area contributed by atoms with E-state index in [1.807, 2.05) is 18.7 Å². The van der Waals surface area contributed by atoms with Crippen molar-refractivity contribution in [3.63, 3.8) is 0 Å². The van der Waals surface area contributed by atoms with Crippen LogP contribution in [0.25, 0.3) is 0 Å². The first kappa shape index (κ1) is 18.5. The Morgan fingerprint density at radius 3 is 2.77 bits per heavy atom. The third kappa shape index (κ3) is 4.45. The summed E-state index contributed by atoms with van der Waals surface area (Å²) in [4.78, 5) is 26.4. The van der Waals surface area contributed by atoms with Gasteiger partial charge in [0.2, 0.25) is 0 Å². The molecule has 1 heterocycles. The molecule has 2 N–H and O–H groups in total. The highest BCUT2D eigenvalue weighted by Gasteiger charge is 2.24. The van der Waals surface area contributed by atoms with Crippen molar-refractivity contribution < 1.29 is 9.59 Å². The Balaban J connectivity index is 0.00000242. The molecule has 0 bridgehead atoms. The highest BCUT2D eigenvalue weighted by molar-refractivity contribution is 5.99. The molecule has 122 valence electrons. The number of carbonyl (C=O) groups excluding carboxylic acids is 2. The molecular formula is C16H24ClN3O2. The van der Waals surface area contributed by atoms with E-state index in [4.69, 9.17) is 0 Å². The van der Waals surface area contributed by atoms with Crippen LogP contribution in [0.5, 0.6) is 0 Å². The summed E-state index contributed by atoms with van der Waals surface area (Å²) >= 11 is 0. The zero-order valence-corrected chi connectivity index (χ0v) is 13.9. The van der Waals surface area contributed by atoms with Gasteiger partial charge in [-0.15, -0.1) is 12.4 Å². The van der Waals surface area contributed by atoms with Crippen molar-refractivity contribution in [3.8, 4) is 0 Å². The van der Waals surface area contributed by atoms with E-state index in [0.717, 1.165) is 19.5 Å². The van der Waals surface area contributed by atoms with Gasteiger partial charge >= 0.3 is 0 Å². The number of nitrogens with zero attached hydrogens (tertiary/aromatic N) is 1. The Hall–Kier alpha value is -1.59. The number of carbonyl (C=O) groups is 2. The topological polar surface area (TPSA) is 61.4 Å². The molecule has 1 aromatic carbocycles. The number of benzene rings is 1. The molecule has 0 unspecified atom stereocenters. The van der Waals surface area contributed by atoms with Crippen LogP contribution in [0.2, 0.25) is 0 Å². The van der Waals surface area contributed by atoms with Crippen molar-refractivity contribution in [3.05, 3.63) is 35.4 Å². The number of piperazine rings is 1. The summed E-state index contributed by atoms with van der Waals surface area (Å²) in [6.45, 7) is 7.00. The van der Waals surface area contributed by atoms with Crippen molar-refractivity contribution in [2.24, 2.45) is 0 Å². The summed E-state index contributed by atoms with van der Waals surface area (Å²) in [5, 5.41) is 6.09. The van der Waals surface area contributed by atoms with Crippen LogP contribution in [0.4, 0.5) is 0 Å². The summed E-state index contributed by atoms with van der Waals surface area (Å²) in [6, 6.07) is 7.13. The quantitative estimate of drug-likeness (QED) is 0.885. The van der Waals surface area contributed by atoms with Gasteiger partial charge in [-0.25, -0.2) is 0 Å². The van der Waals surface area contributed by atoms with Gasteiger partial charge in [0, 0.05) is 43.3 Å². The Morgan fingerprint density at radius 2 is 2.09 bits per heavy atom. The predicted molar refractivity (Wildman–Crippen MR) is 89.7 cm³/mol. The largest absolute Gasteiger partial charge is 0.352 e. The molecule has 22 heavy (non-hydrogen) atoms. The van der Waals surface area contributed by atoms with Gasteiger partial charge in [0.1, 0.15) is 0 Å². The van der Waals surface area contributed by atoms with Gasteiger partial charge in [0.05, 0.1) is 0 Å². The first-order valence-electron chi connectivity index (χ1n) is 7.53. The van der Waals surface area contributed by atoms with Crippen LogP contribution in [-0.4, -0.2) is 48.9 Å². The SMILES string of the molecule is CCCNC(=O)c1cccc(C(=O)N2CCNC[C@H]2C)c1.Cl. The van der Waals surface area contributed by atoms with Gasteiger partial charge < -0.3 is 15.5 Å². The lowest BCUT2D eigenvalue weighted by molar-refractivity contribution is 0.0656. The molecule has 0 aliphatic carbocycles. The van der Waals surface area contributed by atoms with E-state index in [2.05, 4.69) is 10.6 Å². The summed E-state index contributed by atoms with van der Waals surface area (Å²) in [5.41, 5.74) is 1.12. The normalized spacial score (nSPS) is 17.5. The van der Waals surface area contributed by atoms with Crippen LogP contribution < -0.4 is 10.6 Å². The zero-order chi connectivity index (χ0) is 15.2. The number of hydrogen-bond donors (Lipinski definition) is 2. The third-order valence-corrected chi connectivity index (χ3v) is 3.67. The lowest BCUT2D eigenvalue weighted by Gasteiger charge is -2.34. The number of nitrogens with one attached hydrogen (secondary N) is 2. The Morgan fingerprint density at radius 1 is 1.36 bits per heavy atom. The van der Waals surface area contributed by atoms with Gasteiger partial charge in [-0.1, -0.05) is 13.0 Å². The maximum atomic E-state index is 12.6. The first-order chi connectivity index (χ1) is 10.1. The molecule has 2 amide bonds. The summed E-state index contributed by atoms with van der Waals surface area (Å²) in [7, 11) is 0. The molecule has 0 radical (unpaired) electrons. The van der Waals surface area contributed by atoms with E-state index < -0.39 is 0 Å². The van der Waals surface area contributed by atoms with Crippen molar-refractivity contribution in [1.82, 2.24) is 15.5 Å². The average molecular weight is 326 g/mol. The fourth-order valence-corrected chi connectivity index (χ4v) is 2.44. The minimum Gasteiger partial charge on any atom is -0.352 e. The maximum Gasteiger partial charge on any atom is 0.254 e. The number of halogens is 1. The molecule has 1 aliphatic rings. The maximum absolute atomic E-state index is 12.6. The lowest BCUT2D eigenvalue weighted by Crippen LogP contribution is -2.52. The molecule has 0 spiro atoms. The van der Waals surface area contributed by atoms with Crippen molar-refractivity contribution in [2.75, 3.05) is 26.2 Å². The smallest absolute Gasteiger partial charge is 0.254 e. The Kier molecular flexibility index (Phi) is 7.35. The molecule has 0 saturated carbocycles. The molecule has 1 fully saturated rings. The summed E-state index contributed by atoms with van der Waals surface area (Å²) in [6.07, 6.45) is 0.892. The van der Waals surface area contributed by atoms with Gasteiger partial charge in [-0.2, -0.15) is 0 Å². The fraction of sp³-hybridized carbons (Fsp3) is 0.500. The molecule has 6 heteroatoms. The van der Waals surface area contributed by atoms with E-state index in [1.165, 1.54) is 0 Å². The molecule has 1 atom stereocenters. The molecule has 1 saturated heterocycles. The van der Waals surface area contributed by atoms with Gasteiger partial charge in [-0.3, -0.25) is 9.59 Å². The molecular weight excluding hydrogens is 302 g/mol. The van der Waals surface area contributed by atoms with Crippen LogP contribution in [0, 0.1) is 0 Å². The summed E-state index contributed by atoms with van der Waals surface area (Å²) < 4.78 is 0. The molecule has 1 aromatic rings. The number of hydrogen-bond acceptors (Lipinski definition) is 3. The average Bonchev–Trinajstić information content (AvgIpc) is 2.52. The second-order valence-electron chi connectivity index (χ2n) is 5.39. The van der Waals surface area contributed by atoms with Crippen molar-refractivity contribution in [2.45, 2.75) is 26.3 Å². The first-order valence-corrected chi connectivity index (χ1v) is 7.53. The van der Waals surface area contributed by atoms with Crippen molar-refractivity contribution in [1.29, 1.82) is 0 Å². The van der Waals surface area contributed by atoms with Gasteiger partial charge in [-0.05, 0) is 31.5 Å².